The first kappa shape index (κ1) is 16.8. The summed E-state index contributed by atoms with van der Waals surface area (Å²) in [6.45, 7) is 4.00. The molecule has 1 aromatic carbocycles. The van der Waals surface area contributed by atoms with Crippen molar-refractivity contribution >= 4 is 11.8 Å². The van der Waals surface area contributed by atoms with Crippen LogP contribution in [0.4, 0.5) is 4.79 Å². The van der Waals surface area contributed by atoms with Crippen molar-refractivity contribution in [2.24, 2.45) is 0 Å². The van der Waals surface area contributed by atoms with Crippen LogP contribution in [0.3, 0.4) is 0 Å². The third-order valence-electron chi connectivity index (χ3n) is 3.57. The number of carbonyl (C=O) groups is 2. The minimum atomic E-state index is -0.0446. The second-order valence-corrected chi connectivity index (χ2v) is 4.94. The van der Waals surface area contributed by atoms with Crippen LogP contribution in [0.15, 0.2) is 42.1 Å². The van der Waals surface area contributed by atoms with Crippen LogP contribution in [0.5, 0.6) is 0 Å². The standard InChI is InChI=1S/C15H18N2O2.HI/c1-11-9-12(2)17(15(19)16(11)3)10-14(18)13-7-5-4-6-8-13;/h4-9,12H,10H2,1-3H3;1H. The largest absolute Gasteiger partial charge is 1.00 e. The van der Waals surface area contributed by atoms with Gasteiger partial charge in [0.15, 0.2) is 5.78 Å². The van der Waals surface area contributed by atoms with E-state index in [0.29, 0.717) is 5.56 Å². The van der Waals surface area contributed by atoms with Crippen molar-refractivity contribution in [3.63, 3.8) is 0 Å². The van der Waals surface area contributed by atoms with Crippen LogP contribution in [-0.2, 0) is 0 Å². The average Bonchev–Trinajstić information content (AvgIpc) is 2.42. The number of rotatable bonds is 3. The lowest BCUT2D eigenvalue weighted by molar-refractivity contribution is -0.756. The zero-order chi connectivity index (χ0) is 14.0. The zero-order valence-corrected chi connectivity index (χ0v) is 14.0. The lowest BCUT2D eigenvalue weighted by atomic mass is 10.1. The summed E-state index contributed by atoms with van der Waals surface area (Å²) < 4.78 is 0. The van der Waals surface area contributed by atoms with Crippen LogP contribution in [-0.4, -0.2) is 36.3 Å². The molecule has 1 heterocycles. The van der Waals surface area contributed by atoms with Gasteiger partial charge in [-0.25, -0.2) is 9.69 Å². The van der Waals surface area contributed by atoms with Crippen LogP contribution in [0.2, 0.25) is 0 Å². The number of Topliss-reactive ketones (excluding diaryl/α,β-unsaturated/α-hetero) is 1. The summed E-state index contributed by atoms with van der Waals surface area (Å²) in [5.74, 6) is -0.0263. The van der Waals surface area contributed by atoms with Gasteiger partial charge in [-0.1, -0.05) is 30.3 Å². The second kappa shape index (κ2) is 6.99. The van der Waals surface area contributed by atoms with Gasteiger partial charge in [0.2, 0.25) is 0 Å². The monoisotopic (exact) mass is 386 g/mol. The van der Waals surface area contributed by atoms with E-state index in [0.717, 1.165) is 10.6 Å². The average molecular weight is 386 g/mol. The van der Waals surface area contributed by atoms with E-state index in [-0.39, 0.29) is 48.4 Å². The molecule has 2 rings (SSSR count). The summed E-state index contributed by atoms with van der Waals surface area (Å²) in [7, 11) is 1.81. The highest BCUT2D eigenvalue weighted by Crippen LogP contribution is 2.09. The van der Waals surface area contributed by atoms with Gasteiger partial charge in [-0.3, -0.25) is 9.69 Å². The number of allylic oxidation sites excluding steroid dienone is 1. The molecule has 0 spiro atoms. The molecule has 0 aromatic heterocycles. The van der Waals surface area contributed by atoms with Gasteiger partial charge in [-0.2, -0.15) is 0 Å². The summed E-state index contributed by atoms with van der Waals surface area (Å²) in [6.07, 6.45) is 2.02. The van der Waals surface area contributed by atoms with Gasteiger partial charge in [0, 0.05) is 12.5 Å². The Morgan fingerprint density at radius 2 is 1.90 bits per heavy atom. The first-order valence-electron chi connectivity index (χ1n) is 6.42. The predicted molar refractivity (Wildman–Crippen MR) is 73.0 cm³/mol. The van der Waals surface area contributed by atoms with Crippen molar-refractivity contribution in [3.05, 3.63) is 47.7 Å². The maximum Gasteiger partial charge on any atom is 0.423 e. The number of hydrogen-bond donors (Lipinski definition) is 1. The normalized spacial score (nSPS) is 22.1. The first-order chi connectivity index (χ1) is 9.00. The fraction of sp³-hybridized carbons (Fsp3) is 0.333. The summed E-state index contributed by atoms with van der Waals surface area (Å²) in [5.41, 5.74) is 1.65. The highest BCUT2D eigenvalue weighted by atomic mass is 127. The molecular weight excluding hydrogens is 367 g/mol. The van der Waals surface area contributed by atoms with E-state index in [1.165, 1.54) is 0 Å². The van der Waals surface area contributed by atoms with Crippen molar-refractivity contribution < 1.29 is 38.5 Å². The number of quaternary nitrogens is 1. The Balaban J connectivity index is 0.00000200. The Labute approximate surface area is 136 Å². The number of benzene rings is 1. The molecule has 0 fully saturated rings. The van der Waals surface area contributed by atoms with Gasteiger partial charge in [0.1, 0.15) is 5.70 Å². The van der Waals surface area contributed by atoms with Gasteiger partial charge >= 0.3 is 6.03 Å². The number of nitrogens with zero attached hydrogens (tertiary/aromatic N) is 1. The van der Waals surface area contributed by atoms with Crippen LogP contribution in [0.25, 0.3) is 0 Å². The summed E-state index contributed by atoms with van der Waals surface area (Å²) >= 11 is 0. The molecule has 108 valence electrons. The Kier molecular flexibility index (Phi) is 5.88. The van der Waals surface area contributed by atoms with Gasteiger partial charge < -0.3 is 24.0 Å². The first-order valence-corrected chi connectivity index (χ1v) is 6.42. The number of urea groups is 1. The molecule has 1 aromatic rings. The number of carbonyl (C=O) groups excluding carboxylic acids is 2. The molecule has 2 unspecified atom stereocenters. The molecule has 1 N–H and O–H groups in total. The van der Waals surface area contributed by atoms with Crippen molar-refractivity contribution in [1.82, 2.24) is 4.90 Å². The molecule has 1 aliphatic heterocycles. The molecule has 2 atom stereocenters. The van der Waals surface area contributed by atoms with Crippen molar-refractivity contribution in [3.8, 4) is 0 Å². The Hall–Kier alpha value is -1.21. The van der Waals surface area contributed by atoms with Crippen molar-refractivity contribution in [1.29, 1.82) is 0 Å². The maximum atomic E-state index is 12.2. The highest BCUT2D eigenvalue weighted by Gasteiger charge is 2.34. The highest BCUT2D eigenvalue weighted by molar-refractivity contribution is 5.98. The fourth-order valence-corrected chi connectivity index (χ4v) is 2.23. The third kappa shape index (κ3) is 3.46. The van der Waals surface area contributed by atoms with E-state index < -0.39 is 0 Å². The van der Waals surface area contributed by atoms with E-state index in [9.17, 15) is 9.59 Å². The molecule has 0 radical (unpaired) electrons. The Morgan fingerprint density at radius 1 is 1.30 bits per heavy atom. The van der Waals surface area contributed by atoms with E-state index in [4.69, 9.17) is 0 Å². The number of ketones is 1. The number of amides is 2. The zero-order valence-electron chi connectivity index (χ0n) is 11.9. The van der Waals surface area contributed by atoms with E-state index >= 15 is 0 Å². The second-order valence-electron chi connectivity index (χ2n) is 4.94. The van der Waals surface area contributed by atoms with Crippen LogP contribution in [0.1, 0.15) is 24.2 Å². The quantitative estimate of drug-likeness (QED) is 0.488. The van der Waals surface area contributed by atoms with Crippen LogP contribution in [0, 0.1) is 0 Å². The molecule has 0 bridgehead atoms. The van der Waals surface area contributed by atoms with E-state index in [1.54, 1.807) is 24.1 Å². The number of halogens is 1. The molecule has 5 heteroatoms. The maximum absolute atomic E-state index is 12.2. The van der Waals surface area contributed by atoms with Gasteiger partial charge in [0.25, 0.3) is 0 Å². The number of hydrogen-bond acceptors (Lipinski definition) is 2. The minimum absolute atomic E-state index is 0. The van der Waals surface area contributed by atoms with E-state index in [2.05, 4.69) is 0 Å². The molecule has 1 aliphatic rings. The molecule has 20 heavy (non-hydrogen) atoms. The molecule has 0 saturated heterocycles. The van der Waals surface area contributed by atoms with Gasteiger partial charge in [-0.05, 0) is 13.0 Å². The summed E-state index contributed by atoms with van der Waals surface area (Å²) in [4.78, 5) is 26.7. The topological polar surface area (TPSA) is 41.8 Å². The minimum Gasteiger partial charge on any atom is -1.00 e. The fourth-order valence-electron chi connectivity index (χ4n) is 2.23. The van der Waals surface area contributed by atoms with Crippen LogP contribution >= 0.6 is 0 Å². The van der Waals surface area contributed by atoms with Crippen molar-refractivity contribution in [2.75, 3.05) is 13.6 Å². The molecular formula is C15H19IN2O2. The molecule has 2 amide bonds. The SMILES string of the molecule is CC1=CC(C)N(CC(=O)c2ccccc2)C(=O)[NH+]1C.[I-]. The summed E-state index contributed by atoms with van der Waals surface area (Å²) in [5, 5.41) is 0. The lowest BCUT2D eigenvalue weighted by Crippen LogP contribution is -3.12. The predicted octanol–water partition coefficient (Wildman–Crippen LogP) is -1.88. The molecule has 4 nitrogen and oxygen atoms in total. The third-order valence-corrected chi connectivity index (χ3v) is 3.57. The molecule has 0 saturated carbocycles. The smallest absolute Gasteiger partial charge is 0.423 e. The van der Waals surface area contributed by atoms with Gasteiger partial charge in [-0.15, -0.1) is 0 Å². The summed E-state index contributed by atoms with van der Waals surface area (Å²) in [6, 6.07) is 9.00. The Morgan fingerprint density at radius 3 is 2.50 bits per heavy atom. The van der Waals surface area contributed by atoms with E-state index in [1.807, 2.05) is 38.1 Å². The number of nitrogens with one attached hydrogen (secondary N) is 1. The Bertz CT molecular complexity index is 528. The van der Waals surface area contributed by atoms with Gasteiger partial charge in [0.05, 0.1) is 19.6 Å². The van der Waals surface area contributed by atoms with Crippen molar-refractivity contribution in [2.45, 2.75) is 19.9 Å². The lowest BCUT2D eigenvalue weighted by Gasteiger charge is -2.31. The van der Waals surface area contributed by atoms with Crippen LogP contribution < -0.4 is 28.9 Å². The molecule has 0 aliphatic carbocycles.